The summed E-state index contributed by atoms with van der Waals surface area (Å²) < 4.78 is 0. The van der Waals surface area contributed by atoms with Crippen LogP contribution in [0.5, 0.6) is 0 Å². The molecule has 0 aromatic heterocycles. The van der Waals surface area contributed by atoms with E-state index in [-0.39, 0.29) is 11.9 Å². The second-order valence-electron chi connectivity index (χ2n) is 7.27. The lowest BCUT2D eigenvalue weighted by Gasteiger charge is -2.32. The molecule has 1 saturated heterocycles. The van der Waals surface area contributed by atoms with Crippen molar-refractivity contribution in [1.29, 1.82) is 0 Å². The van der Waals surface area contributed by atoms with Crippen LogP contribution in [0.4, 0.5) is 17.1 Å². The van der Waals surface area contributed by atoms with Crippen molar-refractivity contribution in [3.05, 3.63) is 48.5 Å². The zero-order valence-electron chi connectivity index (χ0n) is 16.4. The Labute approximate surface area is 166 Å². The highest BCUT2D eigenvalue weighted by Crippen LogP contribution is 2.26. The van der Waals surface area contributed by atoms with Crippen LogP contribution in [0, 0.1) is 5.92 Å². The van der Waals surface area contributed by atoms with E-state index >= 15 is 0 Å². The number of hydrogen-bond acceptors (Lipinski definition) is 4. The van der Waals surface area contributed by atoms with E-state index in [2.05, 4.69) is 46.7 Å². The van der Waals surface area contributed by atoms with Gasteiger partial charge in [0.2, 0.25) is 5.91 Å². The molecule has 1 aliphatic heterocycles. The molecule has 1 aliphatic rings. The molecule has 0 bridgehead atoms. The van der Waals surface area contributed by atoms with Crippen molar-refractivity contribution in [2.75, 3.05) is 34.9 Å². The Morgan fingerprint density at radius 3 is 2.44 bits per heavy atom. The van der Waals surface area contributed by atoms with Crippen molar-refractivity contribution in [3.63, 3.8) is 0 Å². The molecule has 2 aromatic carbocycles. The molecule has 0 aliphatic carbocycles. The summed E-state index contributed by atoms with van der Waals surface area (Å²) >= 11 is 1.63. The van der Waals surface area contributed by atoms with Gasteiger partial charge in [0.15, 0.2) is 0 Å². The van der Waals surface area contributed by atoms with Gasteiger partial charge >= 0.3 is 0 Å². The summed E-state index contributed by atoms with van der Waals surface area (Å²) in [7, 11) is 0. The molecule has 5 heteroatoms. The highest BCUT2D eigenvalue weighted by molar-refractivity contribution is 7.98. The third kappa shape index (κ3) is 5.19. The van der Waals surface area contributed by atoms with Gasteiger partial charge in [-0.1, -0.05) is 19.1 Å². The summed E-state index contributed by atoms with van der Waals surface area (Å²) in [6.07, 6.45) is 4.53. The molecule has 2 aromatic rings. The second kappa shape index (κ2) is 9.18. The zero-order valence-corrected chi connectivity index (χ0v) is 17.2. The van der Waals surface area contributed by atoms with Crippen LogP contribution >= 0.6 is 11.8 Å². The maximum absolute atomic E-state index is 12.5. The van der Waals surface area contributed by atoms with Gasteiger partial charge in [0.25, 0.3) is 0 Å². The lowest BCUT2D eigenvalue weighted by molar-refractivity contribution is -0.116. The van der Waals surface area contributed by atoms with Crippen LogP contribution in [0.15, 0.2) is 53.4 Å². The third-order valence-corrected chi connectivity index (χ3v) is 5.95. The Morgan fingerprint density at radius 1 is 1.11 bits per heavy atom. The van der Waals surface area contributed by atoms with Crippen molar-refractivity contribution in [3.8, 4) is 0 Å². The Morgan fingerprint density at radius 2 is 1.78 bits per heavy atom. The molecular weight excluding hydrogens is 354 g/mol. The molecule has 0 spiro atoms. The number of hydrogen-bond donors (Lipinski definition) is 2. The minimum absolute atomic E-state index is 0.0365. The minimum Gasteiger partial charge on any atom is -0.374 e. The summed E-state index contributed by atoms with van der Waals surface area (Å²) in [6.45, 7) is 6.47. The van der Waals surface area contributed by atoms with Gasteiger partial charge in [-0.2, -0.15) is 0 Å². The molecule has 0 unspecified atom stereocenters. The van der Waals surface area contributed by atoms with Crippen molar-refractivity contribution in [1.82, 2.24) is 0 Å². The number of para-hydroxylation sites is 1. The number of benzene rings is 2. The Balaban J connectivity index is 1.57. The topological polar surface area (TPSA) is 44.4 Å². The van der Waals surface area contributed by atoms with Crippen LogP contribution < -0.4 is 15.5 Å². The molecule has 1 fully saturated rings. The molecule has 27 heavy (non-hydrogen) atoms. The maximum Gasteiger partial charge on any atom is 0.246 e. The minimum atomic E-state index is -0.318. The van der Waals surface area contributed by atoms with Crippen LogP contribution in [-0.2, 0) is 4.79 Å². The zero-order chi connectivity index (χ0) is 19.2. The lowest BCUT2D eigenvalue weighted by Crippen LogP contribution is -2.33. The average Bonchev–Trinajstić information content (AvgIpc) is 2.69. The molecule has 144 valence electrons. The summed E-state index contributed by atoms with van der Waals surface area (Å²) in [5, 5.41) is 6.32. The predicted molar refractivity (Wildman–Crippen MR) is 117 cm³/mol. The first kappa shape index (κ1) is 19.6. The highest BCUT2D eigenvalue weighted by Gasteiger charge is 2.17. The van der Waals surface area contributed by atoms with Crippen molar-refractivity contribution in [2.45, 2.75) is 37.6 Å². The highest BCUT2D eigenvalue weighted by atomic mass is 32.2. The van der Waals surface area contributed by atoms with Crippen LogP contribution in [0.2, 0.25) is 0 Å². The van der Waals surface area contributed by atoms with Crippen molar-refractivity contribution in [2.24, 2.45) is 5.92 Å². The smallest absolute Gasteiger partial charge is 0.246 e. The first-order valence-electron chi connectivity index (χ1n) is 9.62. The van der Waals surface area contributed by atoms with Crippen LogP contribution in [0.1, 0.15) is 26.7 Å². The number of nitrogens with one attached hydrogen (secondary N) is 2. The monoisotopic (exact) mass is 383 g/mol. The Hall–Kier alpha value is -2.14. The average molecular weight is 384 g/mol. The predicted octanol–water partition coefficient (Wildman–Crippen LogP) is 5.08. The quantitative estimate of drug-likeness (QED) is 0.683. The molecular formula is C22H29N3OS. The second-order valence-corrected chi connectivity index (χ2v) is 8.12. The van der Waals surface area contributed by atoms with Gasteiger partial charge in [-0.25, -0.2) is 0 Å². The molecule has 1 amide bonds. The van der Waals surface area contributed by atoms with E-state index in [0.29, 0.717) is 0 Å². The standard InChI is InChI=1S/C22H29N3OS/c1-16-12-14-25(15-13-16)19-10-8-18(9-11-19)23-17(2)22(26)24-20-6-4-5-7-21(20)27-3/h4-11,16-17,23H,12-15H2,1-3H3,(H,24,26)/t17-/m1/s1. The molecule has 1 heterocycles. The number of amides is 1. The number of carbonyl (C=O) groups is 1. The van der Waals surface area contributed by atoms with E-state index in [4.69, 9.17) is 0 Å². The summed E-state index contributed by atoms with van der Waals surface area (Å²) in [4.78, 5) is 16.1. The molecule has 2 N–H and O–H groups in total. The SMILES string of the molecule is CSc1ccccc1NC(=O)[C@@H](C)Nc1ccc(N2CCC(C)CC2)cc1. The van der Waals surface area contributed by atoms with E-state index in [1.807, 2.05) is 37.4 Å². The van der Waals surface area contributed by atoms with Crippen LogP contribution in [0.3, 0.4) is 0 Å². The number of carbonyl (C=O) groups excluding carboxylic acids is 1. The molecule has 0 saturated carbocycles. The first-order valence-corrected chi connectivity index (χ1v) is 10.8. The first-order chi connectivity index (χ1) is 13.1. The van der Waals surface area contributed by atoms with Gasteiger partial charge in [0.05, 0.1) is 5.69 Å². The van der Waals surface area contributed by atoms with Gasteiger partial charge in [-0.15, -0.1) is 11.8 Å². The van der Waals surface area contributed by atoms with E-state index in [1.54, 1.807) is 11.8 Å². The largest absolute Gasteiger partial charge is 0.374 e. The number of piperidine rings is 1. The van der Waals surface area contributed by atoms with Crippen LogP contribution in [-0.4, -0.2) is 31.3 Å². The number of thioether (sulfide) groups is 1. The Kier molecular flexibility index (Phi) is 6.67. The Bertz CT molecular complexity index is 754. The van der Waals surface area contributed by atoms with Crippen LogP contribution in [0.25, 0.3) is 0 Å². The molecule has 4 nitrogen and oxygen atoms in total. The maximum atomic E-state index is 12.5. The molecule has 3 rings (SSSR count). The van der Waals surface area contributed by atoms with Gasteiger partial charge in [0.1, 0.15) is 6.04 Å². The summed E-state index contributed by atoms with van der Waals surface area (Å²) in [5.41, 5.74) is 3.08. The van der Waals surface area contributed by atoms with Crippen molar-refractivity contribution < 1.29 is 4.79 Å². The van der Waals surface area contributed by atoms with Gasteiger partial charge in [-0.05, 0) is 68.3 Å². The third-order valence-electron chi connectivity index (χ3n) is 5.16. The number of rotatable bonds is 6. The van der Waals surface area contributed by atoms with Gasteiger partial charge < -0.3 is 15.5 Å². The lowest BCUT2D eigenvalue weighted by atomic mass is 9.99. The summed E-state index contributed by atoms with van der Waals surface area (Å²) in [5.74, 6) is 0.795. The van der Waals surface area contributed by atoms with E-state index in [1.165, 1.54) is 18.5 Å². The van der Waals surface area contributed by atoms with Gasteiger partial charge in [0, 0.05) is 29.4 Å². The fourth-order valence-corrected chi connectivity index (χ4v) is 3.89. The fourth-order valence-electron chi connectivity index (χ4n) is 3.34. The van der Waals surface area contributed by atoms with Crippen molar-refractivity contribution >= 4 is 34.7 Å². The summed E-state index contributed by atoms with van der Waals surface area (Å²) in [6, 6.07) is 16.0. The molecule has 1 atom stereocenters. The molecule has 0 radical (unpaired) electrons. The van der Waals surface area contributed by atoms with E-state index < -0.39 is 0 Å². The van der Waals surface area contributed by atoms with E-state index in [0.717, 1.165) is 35.3 Å². The van der Waals surface area contributed by atoms with Gasteiger partial charge in [-0.3, -0.25) is 4.79 Å². The number of anilines is 3. The fraction of sp³-hybridized carbons (Fsp3) is 0.409. The number of nitrogens with zero attached hydrogens (tertiary/aromatic N) is 1. The van der Waals surface area contributed by atoms with E-state index in [9.17, 15) is 4.79 Å². The normalized spacial score (nSPS) is 16.0.